The molecule has 0 saturated carbocycles. The summed E-state index contributed by atoms with van der Waals surface area (Å²) in [6, 6.07) is 5.19. The molecule has 0 spiro atoms. The van der Waals surface area contributed by atoms with E-state index in [1.165, 1.54) is 6.08 Å². The van der Waals surface area contributed by atoms with E-state index in [0.29, 0.717) is 16.6 Å². The van der Waals surface area contributed by atoms with Crippen LogP contribution in [0.4, 0.5) is 0 Å². The third-order valence-electron chi connectivity index (χ3n) is 3.22. The van der Waals surface area contributed by atoms with Crippen molar-refractivity contribution in [2.45, 2.75) is 20.3 Å². The highest BCUT2D eigenvalue weighted by Crippen LogP contribution is 2.21. The monoisotopic (exact) mass is 328 g/mol. The molecule has 0 fully saturated rings. The van der Waals surface area contributed by atoms with Crippen LogP contribution in [0.1, 0.15) is 25.8 Å². The van der Waals surface area contributed by atoms with Crippen LogP contribution in [0, 0.1) is 0 Å². The van der Waals surface area contributed by atoms with E-state index < -0.39 is 0 Å². The molecule has 1 amide bonds. The average Bonchev–Trinajstić information content (AvgIpc) is 2.46. The highest BCUT2D eigenvalue weighted by Gasteiger charge is 2.01. The second-order valence-electron chi connectivity index (χ2n) is 4.67. The lowest BCUT2D eigenvalue weighted by Crippen LogP contribution is -2.29. The van der Waals surface area contributed by atoms with Crippen LogP contribution in [-0.2, 0) is 4.79 Å². The predicted octanol–water partition coefficient (Wildman–Crippen LogP) is 3.85. The SMILES string of the molecule is CCN(CC)CCCNC(=O)/C=C/c1ccc(Cl)cc1Cl. The molecule has 3 nitrogen and oxygen atoms in total. The Hall–Kier alpha value is -1.03. The molecule has 0 unspecified atom stereocenters. The standard InChI is InChI=1S/C16H22Cl2N2O/c1-3-20(4-2)11-5-10-19-16(21)9-7-13-6-8-14(17)12-15(13)18/h6-9,12H,3-5,10-11H2,1-2H3,(H,19,21)/b9-7+. The van der Waals surface area contributed by atoms with Crippen LogP contribution in [0.2, 0.25) is 10.0 Å². The number of rotatable bonds is 8. The van der Waals surface area contributed by atoms with Crippen LogP contribution < -0.4 is 5.32 Å². The molecular weight excluding hydrogens is 307 g/mol. The number of benzene rings is 1. The Labute approximate surface area is 136 Å². The van der Waals surface area contributed by atoms with Crippen LogP contribution in [0.3, 0.4) is 0 Å². The first kappa shape index (κ1) is 18.0. The number of carbonyl (C=O) groups is 1. The van der Waals surface area contributed by atoms with Crippen molar-refractivity contribution in [2.75, 3.05) is 26.2 Å². The summed E-state index contributed by atoms with van der Waals surface area (Å²) in [5.74, 6) is -0.111. The molecule has 0 heterocycles. The second-order valence-corrected chi connectivity index (χ2v) is 5.51. The normalized spacial score (nSPS) is 11.3. The Morgan fingerprint density at radius 1 is 1.29 bits per heavy atom. The highest BCUT2D eigenvalue weighted by atomic mass is 35.5. The Balaban J connectivity index is 2.35. The number of nitrogens with one attached hydrogen (secondary N) is 1. The summed E-state index contributed by atoms with van der Waals surface area (Å²) in [5.41, 5.74) is 0.777. The molecule has 0 radical (unpaired) electrons. The summed E-state index contributed by atoms with van der Waals surface area (Å²) in [6.45, 7) is 8.04. The van der Waals surface area contributed by atoms with Crippen molar-refractivity contribution in [2.24, 2.45) is 0 Å². The summed E-state index contributed by atoms with van der Waals surface area (Å²) in [5, 5.41) is 3.98. The lowest BCUT2D eigenvalue weighted by molar-refractivity contribution is -0.116. The van der Waals surface area contributed by atoms with Crippen molar-refractivity contribution >= 4 is 35.2 Å². The molecule has 116 valence electrons. The number of nitrogens with zero attached hydrogens (tertiary/aromatic N) is 1. The molecule has 0 aromatic heterocycles. The third kappa shape index (κ3) is 6.98. The molecule has 1 N–H and O–H groups in total. The van der Waals surface area contributed by atoms with Crippen LogP contribution in [-0.4, -0.2) is 37.0 Å². The van der Waals surface area contributed by atoms with Gasteiger partial charge in [0.1, 0.15) is 0 Å². The van der Waals surface area contributed by atoms with E-state index in [0.717, 1.165) is 31.6 Å². The van der Waals surface area contributed by atoms with E-state index in [9.17, 15) is 4.79 Å². The molecule has 0 bridgehead atoms. The first-order valence-electron chi connectivity index (χ1n) is 7.20. The topological polar surface area (TPSA) is 32.3 Å². The Morgan fingerprint density at radius 3 is 2.62 bits per heavy atom. The molecule has 21 heavy (non-hydrogen) atoms. The predicted molar refractivity (Wildman–Crippen MR) is 90.9 cm³/mol. The second kappa shape index (κ2) is 9.82. The first-order chi connectivity index (χ1) is 10.1. The lowest BCUT2D eigenvalue weighted by Gasteiger charge is -2.17. The van der Waals surface area contributed by atoms with Gasteiger partial charge < -0.3 is 10.2 Å². The molecule has 1 rings (SSSR count). The smallest absolute Gasteiger partial charge is 0.244 e. The number of hydrogen-bond donors (Lipinski definition) is 1. The summed E-state index contributed by atoms with van der Waals surface area (Å²) in [4.78, 5) is 14.0. The zero-order valence-electron chi connectivity index (χ0n) is 12.5. The Morgan fingerprint density at radius 2 is 2.00 bits per heavy atom. The molecule has 0 saturated heterocycles. The number of amides is 1. The summed E-state index contributed by atoms with van der Waals surface area (Å²) in [7, 11) is 0. The molecule has 5 heteroatoms. The van der Waals surface area contributed by atoms with Gasteiger partial charge in [0.2, 0.25) is 5.91 Å². The maximum absolute atomic E-state index is 11.7. The van der Waals surface area contributed by atoms with Gasteiger partial charge in [-0.1, -0.05) is 43.1 Å². The van der Waals surface area contributed by atoms with Crippen molar-refractivity contribution < 1.29 is 4.79 Å². The molecule has 1 aromatic rings. The molecular formula is C16H22Cl2N2O. The fourth-order valence-corrected chi connectivity index (χ4v) is 2.39. The molecule has 1 aromatic carbocycles. The van der Waals surface area contributed by atoms with Gasteiger partial charge in [-0.25, -0.2) is 0 Å². The first-order valence-corrected chi connectivity index (χ1v) is 7.95. The van der Waals surface area contributed by atoms with E-state index in [1.807, 2.05) is 0 Å². The van der Waals surface area contributed by atoms with Crippen molar-refractivity contribution in [3.05, 3.63) is 39.9 Å². The largest absolute Gasteiger partial charge is 0.353 e. The van der Waals surface area contributed by atoms with Gasteiger partial charge in [0.05, 0.1) is 0 Å². The molecule has 0 aliphatic heterocycles. The maximum Gasteiger partial charge on any atom is 0.244 e. The molecule has 0 aliphatic rings. The van der Waals surface area contributed by atoms with Crippen molar-refractivity contribution in [1.82, 2.24) is 10.2 Å². The van der Waals surface area contributed by atoms with Crippen molar-refractivity contribution in [3.63, 3.8) is 0 Å². The quantitative estimate of drug-likeness (QED) is 0.580. The number of hydrogen-bond acceptors (Lipinski definition) is 2. The summed E-state index contributed by atoms with van der Waals surface area (Å²) >= 11 is 11.9. The van der Waals surface area contributed by atoms with Gasteiger partial charge in [-0.15, -0.1) is 0 Å². The Bertz CT molecular complexity index is 485. The van der Waals surface area contributed by atoms with Crippen LogP contribution in [0.25, 0.3) is 6.08 Å². The maximum atomic E-state index is 11.7. The van der Waals surface area contributed by atoms with Gasteiger partial charge in [-0.2, -0.15) is 0 Å². The van der Waals surface area contributed by atoms with E-state index >= 15 is 0 Å². The highest BCUT2D eigenvalue weighted by molar-refractivity contribution is 6.35. The molecule has 0 atom stereocenters. The van der Waals surface area contributed by atoms with E-state index in [-0.39, 0.29) is 5.91 Å². The minimum Gasteiger partial charge on any atom is -0.353 e. The van der Waals surface area contributed by atoms with Gasteiger partial charge in [0.15, 0.2) is 0 Å². The van der Waals surface area contributed by atoms with E-state index in [1.54, 1.807) is 24.3 Å². The van der Waals surface area contributed by atoms with E-state index in [4.69, 9.17) is 23.2 Å². The van der Waals surface area contributed by atoms with Gasteiger partial charge in [-0.05, 0) is 49.8 Å². The summed E-state index contributed by atoms with van der Waals surface area (Å²) < 4.78 is 0. The van der Waals surface area contributed by atoms with Crippen LogP contribution in [0.15, 0.2) is 24.3 Å². The fourth-order valence-electron chi connectivity index (χ4n) is 1.92. The van der Waals surface area contributed by atoms with Gasteiger partial charge in [-0.3, -0.25) is 4.79 Å². The lowest BCUT2D eigenvalue weighted by atomic mass is 10.2. The zero-order chi connectivity index (χ0) is 15.7. The summed E-state index contributed by atoms with van der Waals surface area (Å²) in [6.07, 6.45) is 4.13. The minimum absolute atomic E-state index is 0.111. The van der Waals surface area contributed by atoms with Crippen molar-refractivity contribution in [1.29, 1.82) is 0 Å². The zero-order valence-corrected chi connectivity index (χ0v) is 14.0. The van der Waals surface area contributed by atoms with Gasteiger partial charge in [0, 0.05) is 22.7 Å². The molecule has 0 aliphatic carbocycles. The van der Waals surface area contributed by atoms with Crippen molar-refractivity contribution in [3.8, 4) is 0 Å². The Kier molecular flexibility index (Phi) is 8.43. The average molecular weight is 329 g/mol. The minimum atomic E-state index is -0.111. The fraction of sp³-hybridized carbons (Fsp3) is 0.438. The van der Waals surface area contributed by atoms with Gasteiger partial charge in [0.25, 0.3) is 0 Å². The number of halogens is 2. The number of carbonyl (C=O) groups excluding carboxylic acids is 1. The van der Waals surface area contributed by atoms with Crippen LogP contribution in [0.5, 0.6) is 0 Å². The van der Waals surface area contributed by atoms with Crippen LogP contribution >= 0.6 is 23.2 Å². The third-order valence-corrected chi connectivity index (χ3v) is 3.78. The van der Waals surface area contributed by atoms with Gasteiger partial charge >= 0.3 is 0 Å². The van der Waals surface area contributed by atoms with E-state index in [2.05, 4.69) is 24.1 Å².